The Morgan fingerprint density at radius 2 is 1.79 bits per heavy atom. The van der Waals surface area contributed by atoms with Crippen molar-refractivity contribution in [2.24, 2.45) is 0 Å². The van der Waals surface area contributed by atoms with Crippen molar-refractivity contribution in [3.63, 3.8) is 0 Å². The zero-order chi connectivity index (χ0) is 13.9. The van der Waals surface area contributed by atoms with E-state index in [1.165, 1.54) is 31.2 Å². The van der Waals surface area contributed by atoms with Crippen molar-refractivity contribution in [1.29, 1.82) is 0 Å². The highest BCUT2D eigenvalue weighted by Gasteiger charge is 2.26. The van der Waals surface area contributed by atoms with Gasteiger partial charge in [-0.1, -0.05) is 0 Å². The van der Waals surface area contributed by atoms with Crippen LogP contribution in [0, 0.1) is 0 Å². The van der Waals surface area contributed by atoms with E-state index in [0.717, 1.165) is 4.31 Å². The summed E-state index contributed by atoms with van der Waals surface area (Å²) in [5.41, 5.74) is 0.539. The third-order valence-corrected chi connectivity index (χ3v) is 4.21. The fourth-order valence-corrected chi connectivity index (χ4v) is 2.78. The van der Waals surface area contributed by atoms with Crippen LogP contribution in [0.3, 0.4) is 0 Å². The first-order chi connectivity index (χ1) is 9.00. The Kier molecular flexibility index (Phi) is 4.15. The minimum Gasteiger partial charge on any atom is -0.339 e. The van der Waals surface area contributed by atoms with Crippen LogP contribution in [0.1, 0.15) is 6.92 Å². The number of hydrogen-bond donors (Lipinski definition) is 1. The summed E-state index contributed by atoms with van der Waals surface area (Å²) in [6, 6.07) is 5.91. The fraction of sp³-hybridized carbons (Fsp3) is 0.364. The molecule has 1 N–H and O–H groups in total. The van der Waals surface area contributed by atoms with Crippen molar-refractivity contribution >= 4 is 21.6 Å². The molecule has 0 radical (unpaired) electrons. The highest BCUT2D eigenvalue weighted by atomic mass is 32.2. The monoisotopic (exact) mass is 286 g/mol. The molecule has 0 bridgehead atoms. The summed E-state index contributed by atoms with van der Waals surface area (Å²) < 4.78 is 35.4. The van der Waals surface area contributed by atoms with E-state index >= 15 is 0 Å². The summed E-state index contributed by atoms with van der Waals surface area (Å²) in [4.78, 5) is 11.0. The van der Waals surface area contributed by atoms with Gasteiger partial charge in [0, 0.05) is 12.6 Å². The lowest BCUT2D eigenvalue weighted by Crippen LogP contribution is -2.39. The largest absolute Gasteiger partial charge is 0.339 e. The SMILES string of the molecule is CC(=O)Nc1ccc(S(=O)(=O)N2COCOC2)cc1. The second-order valence-corrected chi connectivity index (χ2v) is 5.88. The predicted octanol–water partition coefficient (Wildman–Crippen LogP) is 0.555. The van der Waals surface area contributed by atoms with Gasteiger partial charge in [0.25, 0.3) is 0 Å². The Labute approximate surface area is 111 Å². The number of carbonyl (C=O) groups excluding carboxylic acids is 1. The number of nitrogens with one attached hydrogen (secondary N) is 1. The van der Waals surface area contributed by atoms with Gasteiger partial charge in [-0.05, 0) is 24.3 Å². The molecule has 2 rings (SSSR count). The van der Waals surface area contributed by atoms with Gasteiger partial charge in [-0.3, -0.25) is 4.79 Å². The third-order valence-electron chi connectivity index (χ3n) is 2.45. The summed E-state index contributed by atoms with van der Waals surface area (Å²) in [7, 11) is -3.64. The van der Waals surface area contributed by atoms with Gasteiger partial charge >= 0.3 is 0 Å². The van der Waals surface area contributed by atoms with E-state index in [9.17, 15) is 13.2 Å². The summed E-state index contributed by atoms with van der Waals surface area (Å²) in [5, 5.41) is 2.57. The first-order valence-corrected chi connectivity index (χ1v) is 6.97. The summed E-state index contributed by atoms with van der Waals surface area (Å²) in [6.45, 7) is 1.41. The molecular formula is C11H14N2O5S. The molecule has 1 fully saturated rings. The van der Waals surface area contributed by atoms with Gasteiger partial charge in [0.2, 0.25) is 15.9 Å². The van der Waals surface area contributed by atoms with Gasteiger partial charge in [0.15, 0.2) is 0 Å². The zero-order valence-corrected chi connectivity index (χ0v) is 11.1. The van der Waals surface area contributed by atoms with Crippen LogP contribution in [0.25, 0.3) is 0 Å². The van der Waals surface area contributed by atoms with E-state index in [2.05, 4.69) is 5.32 Å². The Morgan fingerprint density at radius 1 is 1.21 bits per heavy atom. The van der Waals surface area contributed by atoms with Crippen LogP contribution in [-0.4, -0.2) is 38.9 Å². The van der Waals surface area contributed by atoms with Crippen LogP contribution in [0.15, 0.2) is 29.2 Å². The lowest BCUT2D eigenvalue weighted by atomic mass is 10.3. The normalized spacial score (nSPS) is 17.1. The van der Waals surface area contributed by atoms with Crippen LogP contribution >= 0.6 is 0 Å². The lowest BCUT2D eigenvalue weighted by Gasteiger charge is -2.25. The highest BCUT2D eigenvalue weighted by Crippen LogP contribution is 2.19. The Bertz CT molecular complexity index is 549. The summed E-state index contributed by atoms with van der Waals surface area (Å²) >= 11 is 0. The molecule has 1 aromatic carbocycles. The molecular weight excluding hydrogens is 272 g/mol. The van der Waals surface area contributed by atoms with Crippen LogP contribution in [0.2, 0.25) is 0 Å². The van der Waals surface area contributed by atoms with Gasteiger partial charge in [0.1, 0.15) is 20.3 Å². The molecule has 1 amide bonds. The number of nitrogens with zero attached hydrogens (tertiary/aromatic N) is 1. The first kappa shape index (κ1) is 13.9. The van der Waals surface area contributed by atoms with Crippen LogP contribution in [0.4, 0.5) is 5.69 Å². The van der Waals surface area contributed by atoms with E-state index in [4.69, 9.17) is 9.47 Å². The number of amides is 1. The highest BCUT2D eigenvalue weighted by molar-refractivity contribution is 7.89. The maximum absolute atomic E-state index is 12.2. The Hall–Kier alpha value is -1.48. The number of anilines is 1. The molecule has 104 valence electrons. The summed E-state index contributed by atoms with van der Waals surface area (Å²) in [5.74, 6) is -0.214. The van der Waals surface area contributed by atoms with E-state index in [1.54, 1.807) is 0 Å². The summed E-state index contributed by atoms with van der Waals surface area (Å²) in [6.07, 6.45) is 0. The molecule has 0 atom stereocenters. The molecule has 7 nitrogen and oxygen atoms in total. The van der Waals surface area contributed by atoms with Crippen molar-refractivity contribution in [2.45, 2.75) is 11.8 Å². The molecule has 0 spiro atoms. The minimum atomic E-state index is -3.64. The molecule has 1 aliphatic heterocycles. The van der Waals surface area contributed by atoms with Gasteiger partial charge in [-0.2, -0.15) is 0 Å². The first-order valence-electron chi connectivity index (χ1n) is 5.53. The average molecular weight is 286 g/mol. The number of sulfonamides is 1. The fourth-order valence-electron chi connectivity index (χ4n) is 1.58. The predicted molar refractivity (Wildman–Crippen MR) is 66.5 cm³/mol. The number of hydrogen-bond acceptors (Lipinski definition) is 5. The molecule has 19 heavy (non-hydrogen) atoms. The number of carbonyl (C=O) groups is 1. The molecule has 0 unspecified atom stereocenters. The van der Waals surface area contributed by atoms with Crippen molar-refractivity contribution < 1.29 is 22.7 Å². The second-order valence-electron chi connectivity index (χ2n) is 3.95. The maximum atomic E-state index is 12.2. The molecule has 1 heterocycles. The van der Waals surface area contributed by atoms with Crippen LogP contribution in [-0.2, 0) is 24.3 Å². The molecule has 8 heteroatoms. The van der Waals surface area contributed by atoms with Gasteiger partial charge in [-0.25, -0.2) is 8.42 Å². The van der Waals surface area contributed by atoms with Gasteiger partial charge < -0.3 is 14.8 Å². The van der Waals surface area contributed by atoms with Crippen molar-refractivity contribution in [3.05, 3.63) is 24.3 Å². The van der Waals surface area contributed by atoms with Crippen LogP contribution in [0.5, 0.6) is 0 Å². The second kappa shape index (κ2) is 5.66. The third kappa shape index (κ3) is 3.29. The van der Waals surface area contributed by atoms with Gasteiger partial charge in [0.05, 0.1) is 4.90 Å². The van der Waals surface area contributed by atoms with Crippen LogP contribution < -0.4 is 5.32 Å². The Morgan fingerprint density at radius 3 is 2.32 bits per heavy atom. The Balaban J connectivity index is 2.18. The quantitative estimate of drug-likeness (QED) is 0.877. The smallest absolute Gasteiger partial charge is 0.246 e. The van der Waals surface area contributed by atoms with Crippen molar-refractivity contribution in [3.8, 4) is 0 Å². The molecule has 1 aliphatic rings. The number of benzene rings is 1. The van der Waals surface area contributed by atoms with E-state index in [0.29, 0.717) is 5.69 Å². The zero-order valence-electron chi connectivity index (χ0n) is 10.3. The van der Waals surface area contributed by atoms with E-state index < -0.39 is 10.0 Å². The van der Waals surface area contributed by atoms with E-state index in [-0.39, 0.29) is 31.1 Å². The molecule has 1 saturated heterocycles. The van der Waals surface area contributed by atoms with E-state index in [1.807, 2.05) is 0 Å². The molecule has 0 aliphatic carbocycles. The topological polar surface area (TPSA) is 84.9 Å². The minimum absolute atomic E-state index is 0.0320. The number of rotatable bonds is 3. The molecule has 1 aromatic rings. The average Bonchev–Trinajstić information content (AvgIpc) is 2.40. The van der Waals surface area contributed by atoms with Crippen molar-refractivity contribution in [2.75, 3.05) is 25.6 Å². The van der Waals surface area contributed by atoms with Gasteiger partial charge in [-0.15, -0.1) is 4.31 Å². The standard InChI is InChI=1S/C11H14N2O5S/c1-9(14)12-10-2-4-11(5-3-10)19(15,16)13-6-17-8-18-7-13/h2-5H,6-8H2,1H3,(H,12,14). The maximum Gasteiger partial charge on any atom is 0.246 e. The van der Waals surface area contributed by atoms with Crippen molar-refractivity contribution in [1.82, 2.24) is 4.31 Å². The lowest BCUT2D eigenvalue weighted by molar-refractivity contribution is -0.153. The number of ether oxygens (including phenoxy) is 2. The molecule has 0 saturated carbocycles. The molecule has 0 aromatic heterocycles.